The molecule has 0 aromatic carbocycles. The van der Waals surface area contributed by atoms with Crippen molar-refractivity contribution in [2.45, 2.75) is 19.3 Å². The molecule has 0 atom stereocenters. The fourth-order valence-corrected chi connectivity index (χ4v) is 1.07. The van der Waals surface area contributed by atoms with Crippen LogP contribution in [0.5, 0.6) is 0 Å². The fraction of sp³-hybridized carbons (Fsp3) is 1.00. The molecule has 0 saturated heterocycles. The predicted octanol–water partition coefficient (Wildman–Crippen LogP) is -0.511. The molecule has 0 aliphatic rings. The van der Waals surface area contributed by atoms with Gasteiger partial charge in [-0.2, -0.15) is 0 Å². The molecule has 0 fully saturated rings. The minimum Gasteiger partial charge on any atom is -0.378 e. The van der Waals surface area contributed by atoms with E-state index in [2.05, 4.69) is 5.32 Å². The van der Waals surface area contributed by atoms with Crippen LogP contribution in [0.2, 0.25) is 0 Å². The lowest BCUT2D eigenvalue weighted by molar-refractivity contribution is 0.0162. The third-order valence-electron chi connectivity index (χ3n) is 1.83. The van der Waals surface area contributed by atoms with Crippen molar-refractivity contribution in [3.05, 3.63) is 0 Å². The number of ether oxygens (including phenoxy) is 3. The van der Waals surface area contributed by atoms with E-state index in [0.29, 0.717) is 46.2 Å². The highest BCUT2D eigenvalue weighted by Crippen LogP contribution is 1.91. The van der Waals surface area contributed by atoms with Crippen molar-refractivity contribution in [3.8, 4) is 0 Å². The molecule has 0 bridgehead atoms. The van der Waals surface area contributed by atoms with E-state index in [9.17, 15) is 0 Å². The van der Waals surface area contributed by atoms with Gasteiger partial charge >= 0.3 is 0 Å². The molecule has 100 valence electrons. The molecule has 0 rings (SSSR count). The molecule has 2 radical (unpaired) electrons. The first-order valence-corrected chi connectivity index (χ1v) is 6.03. The molecule has 0 aromatic rings. The van der Waals surface area contributed by atoms with Crippen LogP contribution in [0, 0.1) is 0 Å². The van der Waals surface area contributed by atoms with Gasteiger partial charge in [0.1, 0.15) is 0 Å². The van der Waals surface area contributed by atoms with Crippen molar-refractivity contribution in [1.82, 2.24) is 5.32 Å². The Kier molecular flexibility index (Phi) is 10.9. The molecule has 0 heterocycles. The fourth-order valence-electron chi connectivity index (χ4n) is 1.07. The van der Waals surface area contributed by atoms with Gasteiger partial charge < -0.3 is 25.3 Å². The van der Waals surface area contributed by atoms with Crippen molar-refractivity contribution in [2.24, 2.45) is 5.73 Å². The number of nitrogens with two attached hydrogens (primary N) is 1. The summed E-state index contributed by atoms with van der Waals surface area (Å²) in [5, 5.41) is 3.13. The predicted molar refractivity (Wildman–Crippen MR) is 69.3 cm³/mol. The Morgan fingerprint density at radius 3 is 1.88 bits per heavy atom. The molecule has 17 heavy (non-hydrogen) atoms. The molecule has 5 nitrogen and oxygen atoms in total. The molecular formula is C11H25BN2O3. The van der Waals surface area contributed by atoms with Gasteiger partial charge in [0.15, 0.2) is 0 Å². The first-order chi connectivity index (χ1) is 8.06. The molecule has 0 aromatic heterocycles. The maximum absolute atomic E-state index is 5.74. The van der Waals surface area contributed by atoms with Gasteiger partial charge in [0.25, 0.3) is 0 Å². The topological polar surface area (TPSA) is 65.7 Å². The highest BCUT2D eigenvalue weighted by molar-refractivity contribution is 6.14. The number of rotatable bonds is 12. The van der Waals surface area contributed by atoms with Crippen molar-refractivity contribution in [2.75, 3.05) is 52.7 Å². The van der Waals surface area contributed by atoms with Crippen molar-refractivity contribution in [1.29, 1.82) is 0 Å². The van der Waals surface area contributed by atoms with E-state index in [-0.39, 0.29) is 5.44 Å². The molecule has 0 aliphatic heterocycles. The molecule has 0 aliphatic carbocycles. The van der Waals surface area contributed by atoms with Gasteiger partial charge in [0, 0.05) is 13.1 Å². The normalized spacial score (nSPS) is 11.9. The Morgan fingerprint density at radius 1 is 0.941 bits per heavy atom. The van der Waals surface area contributed by atoms with Crippen LogP contribution in [0.4, 0.5) is 0 Å². The lowest BCUT2D eigenvalue weighted by Gasteiger charge is -2.20. The standard InChI is InChI=1S/C11H25BN2O3/c1-11(2,12)14-4-6-16-8-10-17-9-7-15-5-3-13/h14H,3-10,13H2,1-2H3. The number of hydrogen-bond donors (Lipinski definition) is 2. The van der Waals surface area contributed by atoms with Gasteiger partial charge in [0.2, 0.25) is 0 Å². The largest absolute Gasteiger partial charge is 0.378 e. The average Bonchev–Trinajstić information content (AvgIpc) is 2.24. The minimum absolute atomic E-state index is 0.347. The van der Waals surface area contributed by atoms with Crippen molar-refractivity contribution < 1.29 is 14.2 Å². The average molecular weight is 244 g/mol. The first kappa shape index (κ1) is 16.9. The molecule has 3 N–H and O–H groups in total. The lowest BCUT2D eigenvalue weighted by Crippen LogP contribution is -2.41. The molecule has 0 saturated carbocycles. The Bertz CT molecular complexity index is 165. The Morgan fingerprint density at radius 2 is 1.41 bits per heavy atom. The van der Waals surface area contributed by atoms with Crippen LogP contribution < -0.4 is 11.1 Å². The van der Waals surface area contributed by atoms with Crippen LogP contribution in [0.15, 0.2) is 0 Å². The summed E-state index contributed by atoms with van der Waals surface area (Å²) < 4.78 is 15.8. The summed E-state index contributed by atoms with van der Waals surface area (Å²) in [6.45, 7) is 8.67. The zero-order chi connectivity index (χ0) is 13.0. The molecule has 0 amide bonds. The van der Waals surface area contributed by atoms with Gasteiger partial charge in [-0.15, -0.1) is 0 Å². The summed E-state index contributed by atoms with van der Waals surface area (Å²) in [6.07, 6.45) is 0. The van der Waals surface area contributed by atoms with Gasteiger partial charge in [-0.05, 0) is 5.44 Å². The second kappa shape index (κ2) is 11.0. The third-order valence-corrected chi connectivity index (χ3v) is 1.83. The van der Waals surface area contributed by atoms with Crippen molar-refractivity contribution in [3.63, 3.8) is 0 Å². The van der Waals surface area contributed by atoms with E-state index in [1.54, 1.807) is 0 Å². The zero-order valence-corrected chi connectivity index (χ0v) is 11.0. The molecule has 6 heteroatoms. The number of nitrogens with one attached hydrogen (secondary N) is 1. The highest BCUT2D eigenvalue weighted by atomic mass is 16.5. The van der Waals surface area contributed by atoms with E-state index in [1.165, 1.54) is 0 Å². The monoisotopic (exact) mass is 244 g/mol. The van der Waals surface area contributed by atoms with E-state index >= 15 is 0 Å². The van der Waals surface area contributed by atoms with Crippen LogP contribution >= 0.6 is 0 Å². The second-order valence-electron chi connectivity index (χ2n) is 4.27. The Hall–Kier alpha value is -0.135. The summed E-state index contributed by atoms with van der Waals surface area (Å²) >= 11 is 0. The molecular weight excluding hydrogens is 219 g/mol. The quantitative estimate of drug-likeness (QED) is 0.357. The molecule has 0 spiro atoms. The summed E-state index contributed by atoms with van der Waals surface area (Å²) in [5.41, 5.74) is 4.92. The van der Waals surface area contributed by atoms with E-state index < -0.39 is 0 Å². The van der Waals surface area contributed by atoms with Crippen LogP contribution in [0.25, 0.3) is 0 Å². The van der Waals surface area contributed by atoms with Gasteiger partial charge in [0.05, 0.1) is 47.5 Å². The summed E-state index contributed by atoms with van der Waals surface area (Å²) in [4.78, 5) is 0. The Balaban J connectivity index is 2.99. The Labute approximate surface area is 106 Å². The molecule has 0 unspecified atom stereocenters. The van der Waals surface area contributed by atoms with E-state index in [1.807, 2.05) is 13.8 Å². The maximum Gasteiger partial charge on any atom is 0.0946 e. The van der Waals surface area contributed by atoms with E-state index in [4.69, 9.17) is 27.8 Å². The van der Waals surface area contributed by atoms with Crippen LogP contribution in [-0.4, -0.2) is 66.0 Å². The van der Waals surface area contributed by atoms with Gasteiger partial charge in [-0.1, -0.05) is 13.8 Å². The van der Waals surface area contributed by atoms with Gasteiger partial charge in [-0.3, -0.25) is 0 Å². The minimum atomic E-state index is -0.347. The number of hydrogen-bond acceptors (Lipinski definition) is 5. The second-order valence-corrected chi connectivity index (χ2v) is 4.27. The first-order valence-electron chi connectivity index (χ1n) is 6.03. The van der Waals surface area contributed by atoms with E-state index in [0.717, 1.165) is 6.54 Å². The van der Waals surface area contributed by atoms with Crippen molar-refractivity contribution >= 4 is 7.85 Å². The van der Waals surface area contributed by atoms with Crippen LogP contribution in [0.1, 0.15) is 13.8 Å². The smallest absolute Gasteiger partial charge is 0.0946 e. The zero-order valence-electron chi connectivity index (χ0n) is 11.0. The van der Waals surface area contributed by atoms with Crippen LogP contribution in [0.3, 0.4) is 0 Å². The third kappa shape index (κ3) is 15.9. The summed E-state index contributed by atoms with van der Waals surface area (Å²) in [6, 6.07) is 0. The van der Waals surface area contributed by atoms with Gasteiger partial charge in [-0.25, -0.2) is 0 Å². The lowest BCUT2D eigenvalue weighted by atomic mass is 9.82. The summed E-state index contributed by atoms with van der Waals surface area (Å²) in [7, 11) is 5.74. The SMILES string of the molecule is [B]C(C)(C)NCCOCCOCCOCCN. The summed E-state index contributed by atoms with van der Waals surface area (Å²) in [5.74, 6) is 0. The maximum atomic E-state index is 5.74. The highest BCUT2D eigenvalue weighted by Gasteiger charge is 2.06. The van der Waals surface area contributed by atoms with Crippen LogP contribution in [-0.2, 0) is 14.2 Å².